The molecule has 0 unspecified atom stereocenters. The van der Waals surface area contributed by atoms with Gasteiger partial charge in [0.1, 0.15) is 11.5 Å². The first-order chi connectivity index (χ1) is 28.0. The molecule has 1 aliphatic carbocycles. The number of halogens is 2. The lowest BCUT2D eigenvalue weighted by Crippen LogP contribution is -2.33. The van der Waals surface area contributed by atoms with Gasteiger partial charge in [-0.2, -0.15) is 0 Å². The Hall–Kier alpha value is -6.08. The molecular weight excluding hydrogens is 832 g/mol. The fourth-order valence-corrected chi connectivity index (χ4v) is 9.28. The molecule has 0 radical (unpaired) electrons. The first kappa shape index (κ1) is 36.6. The van der Waals surface area contributed by atoms with E-state index < -0.39 is 5.41 Å². The van der Waals surface area contributed by atoms with E-state index in [2.05, 4.69) is 236 Å². The van der Waals surface area contributed by atoms with Crippen molar-refractivity contribution in [2.45, 2.75) is 5.41 Å². The second-order valence-electron chi connectivity index (χ2n) is 13.9. The standard InChI is InChI=1S/C51H38Br2N2O2/c1-56-47-27-15-25-43(49(47)54(37-17-7-3-8-18-37)38-19-9-4-10-20-38)51(45-33-35(52)29-31-41(45)42-32-30-36(53)34-46(42)51)44-26-16-28-48(57-2)50(44)55(39-21-11-5-12-22-39)40-23-13-6-14-24-40/h3-34H,1-2H3. The Morgan fingerprint density at radius 2 is 0.702 bits per heavy atom. The van der Waals surface area contributed by atoms with Gasteiger partial charge < -0.3 is 19.3 Å². The van der Waals surface area contributed by atoms with Gasteiger partial charge in [-0.05, 0) is 118 Å². The highest BCUT2D eigenvalue weighted by atomic mass is 79.9. The highest BCUT2D eigenvalue weighted by Gasteiger charge is 2.51. The molecule has 0 aromatic heterocycles. The van der Waals surface area contributed by atoms with Gasteiger partial charge in [-0.3, -0.25) is 0 Å². The summed E-state index contributed by atoms with van der Waals surface area (Å²) >= 11 is 7.88. The smallest absolute Gasteiger partial charge is 0.143 e. The molecule has 0 aliphatic heterocycles. The SMILES string of the molecule is COc1cccc(C2(c3cccc(OC)c3N(c3ccccc3)c3ccccc3)c3cc(Br)ccc3-c3ccc(Br)cc32)c1N(c1ccccc1)c1ccccc1. The molecule has 0 bridgehead atoms. The van der Waals surface area contributed by atoms with Crippen molar-refractivity contribution in [3.8, 4) is 22.6 Å². The van der Waals surface area contributed by atoms with Crippen LogP contribution in [0.25, 0.3) is 11.1 Å². The molecule has 8 aromatic rings. The predicted molar refractivity (Wildman–Crippen MR) is 242 cm³/mol. The molecule has 6 heteroatoms. The van der Waals surface area contributed by atoms with Crippen molar-refractivity contribution in [1.29, 1.82) is 0 Å². The normalized spacial score (nSPS) is 12.4. The van der Waals surface area contributed by atoms with Crippen molar-refractivity contribution in [2.24, 2.45) is 0 Å². The number of methoxy groups -OCH3 is 2. The molecule has 0 N–H and O–H groups in total. The Morgan fingerprint density at radius 3 is 1.02 bits per heavy atom. The second-order valence-corrected chi connectivity index (χ2v) is 15.7. The number of hydrogen-bond donors (Lipinski definition) is 0. The molecule has 0 fully saturated rings. The summed E-state index contributed by atoms with van der Waals surface area (Å²) in [7, 11) is 3.52. The van der Waals surface area contributed by atoms with Gasteiger partial charge >= 0.3 is 0 Å². The highest BCUT2D eigenvalue weighted by Crippen LogP contribution is 2.63. The van der Waals surface area contributed by atoms with E-state index >= 15 is 0 Å². The number of ether oxygens (including phenoxy) is 2. The molecule has 8 aromatic carbocycles. The Morgan fingerprint density at radius 1 is 0.368 bits per heavy atom. The van der Waals surface area contributed by atoms with Gasteiger partial charge in [-0.1, -0.05) is 141 Å². The fourth-order valence-electron chi connectivity index (χ4n) is 8.56. The van der Waals surface area contributed by atoms with Crippen molar-refractivity contribution in [2.75, 3.05) is 24.0 Å². The van der Waals surface area contributed by atoms with Gasteiger partial charge in [0, 0.05) is 31.7 Å². The molecule has 0 saturated heterocycles. The summed E-state index contributed by atoms with van der Waals surface area (Å²) in [5.74, 6) is 1.49. The zero-order valence-corrected chi connectivity index (χ0v) is 34.6. The van der Waals surface area contributed by atoms with Gasteiger partial charge in [0.25, 0.3) is 0 Å². The lowest BCUT2D eigenvalue weighted by molar-refractivity contribution is 0.414. The van der Waals surface area contributed by atoms with Crippen molar-refractivity contribution < 1.29 is 9.47 Å². The summed E-state index contributed by atoms with van der Waals surface area (Å²) in [6, 6.07) is 68.4. The Kier molecular flexibility index (Phi) is 9.91. The average Bonchev–Trinajstić information content (AvgIpc) is 3.54. The van der Waals surface area contributed by atoms with Crippen molar-refractivity contribution in [1.82, 2.24) is 0 Å². The average molecular weight is 871 g/mol. The van der Waals surface area contributed by atoms with E-state index in [1.807, 2.05) is 0 Å². The van der Waals surface area contributed by atoms with Crippen LogP contribution in [0.4, 0.5) is 34.1 Å². The minimum atomic E-state index is -0.935. The number of rotatable bonds is 10. The fraction of sp³-hybridized carbons (Fsp3) is 0.0588. The molecule has 0 amide bonds. The number of fused-ring (bicyclic) bond motifs is 3. The van der Waals surface area contributed by atoms with Crippen LogP contribution in [0.2, 0.25) is 0 Å². The third-order valence-electron chi connectivity index (χ3n) is 10.8. The van der Waals surface area contributed by atoms with Crippen LogP contribution in [0.15, 0.2) is 203 Å². The van der Waals surface area contributed by atoms with E-state index in [9.17, 15) is 0 Å². The lowest BCUT2D eigenvalue weighted by Gasteiger charge is -2.41. The summed E-state index contributed by atoms with van der Waals surface area (Å²) in [5.41, 5.74) is 11.6. The topological polar surface area (TPSA) is 24.9 Å². The second kappa shape index (κ2) is 15.5. The molecule has 0 spiro atoms. The lowest BCUT2D eigenvalue weighted by atomic mass is 9.66. The van der Waals surface area contributed by atoms with E-state index in [0.29, 0.717) is 0 Å². The summed E-state index contributed by atoms with van der Waals surface area (Å²) in [4.78, 5) is 4.66. The van der Waals surface area contributed by atoms with Crippen LogP contribution in [0.1, 0.15) is 22.3 Å². The van der Waals surface area contributed by atoms with Crippen molar-refractivity contribution in [3.05, 3.63) is 225 Å². The number of hydrogen-bond acceptors (Lipinski definition) is 4. The van der Waals surface area contributed by atoms with Crippen LogP contribution in [-0.2, 0) is 5.41 Å². The zero-order valence-electron chi connectivity index (χ0n) is 31.4. The van der Waals surface area contributed by atoms with Crippen molar-refractivity contribution in [3.63, 3.8) is 0 Å². The van der Waals surface area contributed by atoms with Gasteiger partial charge in [-0.25, -0.2) is 0 Å². The number of para-hydroxylation sites is 6. The molecule has 9 rings (SSSR count). The van der Waals surface area contributed by atoms with E-state index in [0.717, 1.165) is 87.9 Å². The van der Waals surface area contributed by atoms with E-state index in [4.69, 9.17) is 9.47 Å². The van der Waals surface area contributed by atoms with Crippen LogP contribution >= 0.6 is 31.9 Å². The van der Waals surface area contributed by atoms with Gasteiger partial charge in [0.2, 0.25) is 0 Å². The predicted octanol–water partition coefficient (Wildman–Crippen LogP) is 14.5. The third-order valence-corrected chi connectivity index (χ3v) is 11.8. The molecular formula is C51H38Br2N2O2. The van der Waals surface area contributed by atoms with Crippen LogP contribution in [0, 0.1) is 0 Å². The summed E-state index contributed by atoms with van der Waals surface area (Å²) in [5, 5.41) is 0. The van der Waals surface area contributed by atoms with Crippen LogP contribution in [-0.4, -0.2) is 14.2 Å². The van der Waals surface area contributed by atoms with E-state index in [-0.39, 0.29) is 0 Å². The van der Waals surface area contributed by atoms with Crippen LogP contribution in [0.5, 0.6) is 11.5 Å². The van der Waals surface area contributed by atoms with Crippen LogP contribution in [0.3, 0.4) is 0 Å². The molecule has 4 nitrogen and oxygen atoms in total. The maximum atomic E-state index is 6.44. The van der Waals surface area contributed by atoms with Gasteiger partial charge in [-0.15, -0.1) is 0 Å². The first-order valence-electron chi connectivity index (χ1n) is 18.8. The number of nitrogens with zero attached hydrogens (tertiary/aromatic N) is 2. The summed E-state index contributed by atoms with van der Waals surface area (Å²) in [6.07, 6.45) is 0. The minimum Gasteiger partial charge on any atom is -0.495 e. The Bertz CT molecular complexity index is 2420. The number of anilines is 6. The van der Waals surface area contributed by atoms with Gasteiger partial charge in [0.05, 0.1) is 31.0 Å². The monoisotopic (exact) mass is 868 g/mol. The van der Waals surface area contributed by atoms with E-state index in [1.165, 1.54) is 0 Å². The van der Waals surface area contributed by atoms with Crippen LogP contribution < -0.4 is 19.3 Å². The van der Waals surface area contributed by atoms with E-state index in [1.54, 1.807) is 14.2 Å². The highest BCUT2D eigenvalue weighted by molar-refractivity contribution is 9.10. The maximum absolute atomic E-state index is 6.44. The zero-order chi connectivity index (χ0) is 38.9. The number of benzene rings is 8. The largest absolute Gasteiger partial charge is 0.495 e. The molecule has 57 heavy (non-hydrogen) atoms. The molecule has 0 heterocycles. The molecule has 0 atom stereocenters. The molecule has 278 valence electrons. The molecule has 1 aliphatic rings. The van der Waals surface area contributed by atoms with Crippen molar-refractivity contribution >= 4 is 66.0 Å². The Balaban J connectivity index is 1.51. The van der Waals surface area contributed by atoms with Gasteiger partial charge in [0.15, 0.2) is 0 Å². The minimum absolute atomic E-state index is 0.743. The Labute approximate surface area is 350 Å². The summed E-state index contributed by atoms with van der Waals surface area (Å²) < 4.78 is 14.8. The summed E-state index contributed by atoms with van der Waals surface area (Å²) in [6.45, 7) is 0. The molecule has 0 saturated carbocycles. The maximum Gasteiger partial charge on any atom is 0.143 e. The first-order valence-corrected chi connectivity index (χ1v) is 20.4. The quantitative estimate of drug-likeness (QED) is 0.137. The third kappa shape index (κ3) is 6.20.